The van der Waals surface area contributed by atoms with E-state index in [0.717, 1.165) is 17.0 Å². The van der Waals surface area contributed by atoms with E-state index in [4.69, 9.17) is 14.2 Å². The number of carbonyl (C=O) groups excluding carboxylic acids is 1. The number of fused-ring (bicyclic) bond motifs is 1. The van der Waals surface area contributed by atoms with Gasteiger partial charge >= 0.3 is 0 Å². The molecule has 13 heteroatoms. The first-order chi connectivity index (χ1) is 18.8. The van der Waals surface area contributed by atoms with Gasteiger partial charge in [0.1, 0.15) is 17.2 Å². The molecule has 1 aliphatic heterocycles. The number of hydrogen-bond acceptors (Lipinski definition) is 9. The van der Waals surface area contributed by atoms with Gasteiger partial charge < -0.3 is 24.5 Å². The second-order valence-electron chi connectivity index (χ2n) is 8.64. The number of para-hydroxylation sites is 1. The standard InChI is InChI=1S/C26H24N4O8S/c31-26(21-3-1-2-4-25(21)38-18-5-7-22-17(13-18)9-10-27-22)29-39(34,35)20-6-8-23(24(14-20)30(32)33)28-15-19-16-36-11-12-37-19/h1-10,13-14,19,27-28H,11-12,15-16H2,(H,29,31). The van der Waals surface area contributed by atoms with Gasteiger partial charge in [-0.15, -0.1) is 0 Å². The number of nitro groups is 1. The molecule has 1 saturated heterocycles. The van der Waals surface area contributed by atoms with Gasteiger partial charge in [-0.25, -0.2) is 13.1 Å². The second-order valence-corrected chi connectivity index (χ2v) is 10.3. The molecule has 3 N–H and O–H groups in total. The third-order valence-electron chi connectivity index (χ3n) is 5.99. The van der Waals surface area contributed by atoms with Crippen molar-refractivity contribution in [3.63, 3.8) is 0 Å². The number of aromatic nitrogens is 1. The number of anilines is 1. The van der Waals surface area contributed by atoms with Crippen LogP contribution in [0.5, 0.6) is 11.5 Å². The molecule has 1 aromatic heterocycles. The Bertz CT molecular complexity index is 1630. The summed E-state index contributed by atoms with van der Waals surface area (Å²) in [6, 6.07) is 16.7. The molecule has 5 rings (SSSR count). The summed E-state index contributed by atoms with van der Waals surface area (Å²) in [5.74, 6) is -0.360. The number of nitro benzene ring substituents is 1. The second kappa shape index (κ2) is 11.1. The third kappa shape index (κ3) is 6.00. The molecule has 39 heavy (non-hydrogen) atoms. The van der Waals surface area contributed by atoms with Gasteiger partial charge in [0.05, 0.1) is 41.3 Å². The van der Waals surface area contributed by atoms with Crippen molar-refractivity contribution in [1.29, 1.82) is 0 Å². The lowest BCUT2D eigenvalue weighted by molar-refractivity contribution is -0.384. The molecule has 3 aromatic carbocycles. The van der Waals surface area contributed by atoms with Gasteiger partial charge in [0.15, 0.2) is 0 Å². The zero-order valence-electron chi connectivity index (χ0n) is 20.5. The number of aromatic amines is 1. The smallest absolute Gasteiger partial charge is 0.293 e. The fourth-order valence-electron chi connectivity index (χ4n) is 4.06. The summed E-state index contributed by atoms with van der Waals surface area (Å²) >= 11 is 0. The Hall–Kier alpha value is -4.46. The van der Waals surface area contributed by atoms with Crippen LogP contribution in [0.2, 0.25) is 0 Å². The maximum Gasteiger partial charge on any atom is 0.293 e. The maximum atomic E-state index is 13.0. The molecule has 0 saturated carbocycles. The molecule has 1 aliphatic rings. The number of carbonyl (C=O) groups is 1. The predicted octanol–water partition coefficient (Wildman–Crippen LogP) is 3.81. The molecule has 1 fully saturated rings. The van der Waals surface area contributed by atoms with Crippen LogP contribution < -0.4 is 14.8 Å². The van der Waals surface area contributed by atoms with Crippen LogP contribution in [0.1, 0.15) is 10.4 Å². The van der Waals surface area contributed by atoms with Crippen molar-refractivity contribution in [3.05, 3.63) is 88.6 Å². The molecule has 1 amide bonds. The molecule has 1 unspecified atom stereocenters. The Kier molecular flexibility index (Phi) is 7.45. The molecule has 0 spiro atoms. The summed E-state index contributed by atoms with van der Waals surface area (Å²) in [6.45, 7) is 1.47. The summed E-state index contributed by atoms with van der Waals surface area (Å²) in [6.07, 6.45) is 1.49. The Morgan fingerprint density at radius 3 is 2.74 bits per heavy atom. The topological polar surface area (TPSA) is 162 Å². The fourth-order valence-corrected chi connectivity index (χ4v) is 5.04. The quantitative estimate of drug-likeness (QED) is 0.207. The monoisotopic (exact) mass is 552 g/mol. The predicted molar refractivity (Wildman–Crippen MR) is 142 cm³/mol. The number of H-pyrrole nitrogens is 1. The molecule has 4 aromatic rings. The van der Waals surface area contributed by atoms with Crippen molar-refractivity contribution in [2.45, 2.75) is 11.0 Å². The number of sulfonamides is 1. The minimum absolute atomic E-state index is 0.0299. The number of amides is 1. The third-order valence-corrected chi connectivity index (χ3v) is 7.32. The average molecular weight is 553 g/mol. The first-order valence-electron chi connectivity index (χ1n) is 11.9. The highest BCUT2D eigenvalue weighted by Gasteiger charge is 2.26. The Morgan fingerprint density at radius 1 is 1.10 bits per heavy atom. The SMILES string of the molecule is O=C(NS(=O)(=O)c1ccc(NCC2COCCO2)c([N+](=O)[O-])c1)c1ccccc1Oc1ccc2[nH]ccc2c1. The van der Waals surface area contributed by atoms with Gasteiger partial charge in [-0.05, 0) is 48.5 Å². The maximum absolute atomic E-state index is 13.0. The average Bonchev–Trinajstić information content (AvgIpc) is 3.40. The van der Waals surface area contributed by atoms with E-state index in [-0.39, 0.29) is 29.6 Å². The minimum Gasteiger partial charge on any atom is -0.457 e. The van der Waals surface area contributed by atoms with E-state index in [1.165, 1.54) is 24.3 Å². The van der Waals surface area contributed by atoms with Crippen molar-refractivity contribution in [1.82, 2.24) is 9.71 Å². The van der Waals surface area contributed by atoms with E-state index in [1.807, 2.05) is 16.9 Å². The van der Waals surface area contributed by atoms with Crippen LogP contribution in [0, 0.1) is 10.1 Å². The number of nitrogens with one attached hydrogen (secondary N) is 3. The van der Waals surface area contributed by atoms with Gasteiger partial charge in [-0.2, -0.15) is 0 Å². The number of benzene rings is 3. The molecule has 0 aliphatic carbocycles. The van der Waals surface area contributed by atoms with Crippen molar-refractivity contribution in [2.75, 3.05) is 31.7 Å². The van der Waals surface area contributed by atoms with E-state index in [1.54, 1.807) is 30.5 Å². The van der Waals surface area contributed by atoms with Gasteiger partial charge in [0, 0.05) is 29.7 Å². The van der Waals surface area contributed by atoms with Crippen LogP contribution in [-0.2, 0) is 19.5 Å². The van der Waals surface area contributed by atoms with E-state index in [2.05, 4.69) is 10.3 Å². The molecule has 12 nitrogen and oxygen atoms in total. The summed E-state index contributed by atoms with van der Waals surface area (Å²) in [5, 5.41) is 15.5. The van der Waals surface area contributed by atoms with Gasteiger partial charge in [-0.1, -0.05) is 12.1 Å². The number of rotatable bonds is 9. The van der Waals surface area contributed by atoms with Crippen LogP contribution in [0.3, 0.4) is 0 Å². The highest BCUT2D eigenvalue weighted by atomic mass is 32.2. The van der Waals surface area contributed by atoms with Crippen LogP contribution >= 0.6 is 0 Å². The van der Waals surface area contributed by atoms with Crippen LogP contribution in [-0.4, -0.2) is 56.7 Å². The molecule has 1 atom stereocenters. The summed E-state index contributed by atoms with van der Waals surface area (Å²) in [7, 11) is -4.46. The van der Waals surface area contributed by atoms with Crippen molar-refractivity contribution in [3.8, 4) is 11.5 Å². The Balaban J connectivity index is 1.33. The van der Waals surface area contributed by atoms with E-state index >= 15 is 0 Å². The minimum atomic E-state index is -4.46. The van der Waals surface area contributed by atoms with Gasteiger partial charge in [-0.3, -0.25) is 14.9 Å². The molecule has 202 valence electrons. The Labute approximate surface area is 223 Å². The lowest BCUT2D eigenvalue weighted by Gasteiger charge is -2.23. The normalized spacial score (nSPS) is 15.5. The van der Waals surface area contributed by atoms with Crippen LogP contribution in [0.15, 0.2) is 77.8 Å². The van der Waals surface area contributed by atoms with E-state index in [0.29, 0.717) is 25.6 Å². The zero-order chi connectivity index (χ0) is 27.4. The summed E-state index contributed by atoms with van der Waals surface area (Å²) < 4.78 is 44.8. The first-order valence-corrected chi connectivity index (χ1v) is 13.4. The molecule has 0 radical (unpaired) electrons. The van der Waals surface area contributed by atoms with Gasteiger partial charge in [0.25, 0.3) is 21.6 Å². The van der Waals surface area contributed by atoms with E-state index in [9.17, 15) is 23.3 Å². The highest BCUT2D eigenvalue weighted by molar-refractivity contribution is 7.90. The first kappa shape index (κ1) is 26.2. The number of nitrogens with zero attached hydrogens (tertiary/aromatic N) is 1. The van der Waals surface area contributed by atoms with Crippen molar-refractivity contribution >= 4 is 38.2 Å². The molecular formula is C26H24N4O8S. The van der Waals surface area contributed by atoms with Crippen molar-refractivity contribution in [2.24, 2.45) is 0 Å². The highest BCUT2D eigenvalue weighted by Crippen LogP contribution is 2.30. The fraction of sp³-hybridized carbons (Fsp3) is 0.192. The lowest BCUT2D eigenvalue weighted by atomic mass is 10.2. The van der Waals surface area contributed by atoms with E-state index < -0.39 is 31.4 Å². The molecule has 0 bridgehead atoms. The number of hydrogen-bond donors (Lipinski definition) is 3. The van der Waals surface area contributed by atoms with Crippen LogP contribution in [0.25, 0.3) is 10.9 Å². The molecule has 2 heterocycles. The zero-order valence-corrected chi connectivity index (χ0v) is 21.3. The number of ether oxygens (including phenoxy) is 3. The van der Waals surface area contributed by atoms with Gasteiger partial charge in [0.2, 0.25) is 0 Å². The summed E-state index contributed by atoms with van der Waals surface area (Å²) in [4.78, 5) is 26.6. The Morgan fingerprint density at radius 2 is 1.95 bits per heavy atom. The van der Waals surface area contributed by atoms with Crippen LogP contribution in [0.4, 0.5) is 11.4 Å². The largest absolute Gasteiger partial charge is 0.457 e. The lowest BCUT2D eigenvalue weighted by Crippen LogP contribution is -2.34. The summed E-state index contributed by atoms with van der Waals surface area (Å²) in [5.41, 5.74) is 0.521. The van der Waals surface area contributed by atoms with Crippen molar-refractivity contribution < 1.29 is 32.3 Å². The molecular weight excluding hydrogens is 528 g/mol.